The number of hydrogen-bond acceptors (Lipinski definition) is 4. The Morgan fingerprint density at radius 3 is 2.32 bits per heavy atom. The minimum Gasteiger partial charge on any atom is -0.394 e. The van der Waals surface area contributed by atoms with Gasteiger partial charge in [-0.15, -0.1) is 0 Å². The molecule has 6 heteroatoms. The van der Waals surface area contributed by atoms with E-state index in [0.717, 1.165) is 44.9 Å². The van der Waals surface area contributed by atoms with Crippen LogP contribution in [-0.4, -0.2) is 47.8 Å². The summed E-state index contributed by atoms with van der Waals surface area (Å²) in [6.45, 7) is -0.129. The molecule has 0 unspecified atom stereocenters. The third kappa shape index (κ3) is 5.17. The van der Waals surface area contributed by atoms with Crippen LogP contribution in [0.15, 0.2) is 0 Å². The number of carbonyl (C=O) groups excluding carboxylic acids is 2. The maximum Gasteiger partial charge on any atom is 0.223 e. The van der Waals surface area contributed by atoms with Crippen molar-refractivity contribution in [3.63, 3.8) is 0 Å². The maximum atomic E-state index is 12.2. The number of ether oxygens (including phenoxy) is 1. The van der Waals surface area contributed by atoms with E-state index in [1.165, 1.54) is 19.3 Å². The highest BCUT2D eigenvalue weighted by atomic mass is 16.5. The van der Waals surface area contributed by atoms with Gasteiger partial charge in [0, 0.05) is 12.0 Å². The van der Waals surface area contributed by atoms with Gasteiger partial charge in [0.15, 0.2) is 0 Å². The molecule has 3 N–H and O–H groups in total. The van der Waals surface area contributed by atoms with E-state index in [-0.39, 0.29) is 36.5 Å². The van der Waals surface area contributed by atoms with E-state index in [1.807, 2.05) is 0 Å². The van der Waals surface area contributed by atoms with Gasteiger partial charge < -0.3 is 20.5 Å². The van der Waals surface area contributed by atoms with Gasteiger partial charge in [-0.05, 0) is 38.5 Å². The van der Waals surface area contributed by atoms with Gasteiger partial charge in [0.25, 0.3) is 0 Å². The van der Waals surface area contributed by atoms with Crippen LogP contribution in [0.4, 0.5) is 0 Å². The van der Waals surface area contributed by atoms with Crippen LogP contribution >= 0.6 is 0 Å². The molecule has 3 atom stereocenters. The minimum atomic E-state index is -0.412. The van der Waals surface area contributed by atoms with E-state index in [9.17, 15) is 14.7 Å². The number of amides is 2. The fraction of sp³-hybridized carbons (Fsp3) is 0.895. The molecule has 0 bridgehead atoms. The highest BCUT2D eigenvalue weighted by Gasteiger charge is 2.35. The number of nitrogens with one attached hydrogen (secondary N) is 2. The molecular weight excluding hydrogens is 320 g/mol. The SMILES string of the molecule is O=C(C[C@H]1CC[C@@H](NC(=O)C2CCC2)[C@H](CO)O1)NC1CCCCC1. The van der Waals surface area contributed by atoms with Crippen molar-refractivity contribution in [2.24, 2.45) is 5.92 Å². The van der Waals surface area contributed by atoms with Crippen LogP contribution in [-0.2, 0) is 14.3 Å². The van der Waals surface area contributed by atoms with Crippen LogP contribution in [0.3, 0.4) is 0 Å². The fourth-order valence-corrected chi connectivity index (χ4v) is 4.16. The molecule has 0 aromatic carbocycles. The topological polar surface area (TPSA) is 87.7 Å². The van der Waals surface area contributed by atoms with Crippen molar-refractivity contribution >= 4 is 11.8 Å². The second kappa shape index (κ2) is 8.99. The van der Waals surface area contributed by atoms with E-state index >= 15 is 0 Å². The highest BCUT2D eigenvalue weighted by Crippen LogP contribution is 2.28. The molecule has 142 valence electrons. The first-order valence-electron chi connectivity index (χ1n) is 10.0. The number of aliphatic hydroxyl groups is 1. The van der Waals surface area contributed by atoms with Gasteiger partial charge in [-0.1, -0.05) is 25.7 Å². The van der Waals surface area contributed by atoms with Crippen LogP contribution < -0.4 is 10.6 Å². The molecule has 3 rings (SSSR count). The fourth-order valence-electron chi connectivity index (χ4n) is 4.16. The number of rotatable bonds is 6. The monoisotopic (exact) mass is 352 g/mol. The molecule has 25 heavy (non-hydrogen) atoms. The first-order valence-corrected chi connectivity index (χ1v) is 10.0. The smallest absolute Gasteiger partial charge is 0.223 e. The molecule has 2 saturated carbocycles. The molecule has 6 nitrogen and oxygen atoms in total. The van der Waals surface area contributed by atoms with E-state index in [1.54, 1.807) is 0 Å². The lowest BCUT2D eigenvalue weighted by Gasteiger charge is -2.37. The summed E-state index contributed by atoms with van der Waals surface area (Å²) in [5.74, 6) is 0.274. The lowest BCUT2D eigenvalue weighted by molar-refractivity contribution is -0.139. The summed E-state index contributed by atoms with van der Waals surface area (Å²) >= 11 is 0. The molecule has 2 aliphatic carbocycles. The van der Waals surface area contributed by atoms with Crippen molar-refractivity contribution in [2.45, 2.75) is 94.9 Å². The standard InChI is InChI=1S/C19H32N2O4/c22-12-17-16(21-19(24)13-5-4-6-13)10-9-15(25-17)11-18(23)20-14-7-2-1-3-8-14/h13-17,22H,1-12H2,(H,20,23)(H,21,24)/t15-,16-,17+/m1/s1. The highest BCUT2D eigenvalue weighted by molar-refractivity contribution is 5.79. The summed E-state index contributed by atoms with van der Waals surface area (Å²) < 4.78 is 5.91. The molecule has 0 aromatic rings. The molecule has 0 spiro atoms. The van der Waals surface area contributed by atoms with E-state index in [0.29, 0.717) is 12.5 Å². The summed E-state index contributed by atoms with van der Waals surface area (Å²) in [6, 6.07) is 0.170. The quantitative estimate of drug-likeness (QED) is 0.678. The Morgan fingerprint density at radius 2 is 1.68 bits per heavy atom. The van der Waals surface area contributed by atoms with Crippen LogP contribution in [0.5, 0.6) is 0 Å². The minimum absolute atomic E-state index is 0.0468. The number of carbonyl (C=O) groups is 2. The normalized spacial score (nSPS) is 31.2. The largest absolute Gasteiger partial charge is 0.394 e. The van der Waals surface area contributed by atoms with E-state index < -0.39 is 6.10 Å². The first kappa shape index (κ1) is 18.6. The van der Waals surface area contributed by atoms with Crippen molar-refractivity contribution in [3.05, 3.63) is 0 Å². The lowest BCUT2D eigenvalue weighted by atomic mass is 9.84. The number of hydrogen-bond donors (Lipinski definition) is 3. The Balaban J connectivity index is 1.42. The van der Waals surface area contributed by atoms with Gasteiger partial charge in [0.05, 0.1) is 25.2 Å². The predicted octanol–water partition coefficient (Wildman–Crippen LogP) is 1.65. The molecular formula is C19H32N2O4. The Morgan fingerprint density at radius 1 is 0.920 bits per heavy atom. The van der Waals surface area contributed by atoms with E-state index in [2.05, 4.69) is 10.6 Å². The third-order valence-corrected chi connectivity index (χ3v) is 5.98. The third-order valence-electron chi connectivity index (χ3n) is 5.98. The Hall–Kier alpha value is -1.14. The second-order valence-electron chi connectivity index (χ2n) is 7.91. The van der Waals surface area contributed by atoms with Gasteiger partial charge >= 0.3 is 0 Å². The lowest BCUT2D eigenvalue weighted by Crippen LogP contribution is -2.53. The van der Waals surface area contributed by atoms with Crippen LogP contribution in [0.2, 0.25) is 0 Å². The second-order valence-corrected chi connectivity index (χ2v) is 7.91. The summed E-state index contributed by atoms with van der Waals surface area (Å²) in [5, 5.41) is 15.8. The average molecular weight is 352 g/mol. The van der Waals surface area contributed by atoms with Gasteiger partial charge in [0.2, 0.25) is 11.8 Å². The summed E-state index contributed by atoms with van der Waals surface area (Å²) in [4.78, 5) is 24.4. The Kier molecular flexibility index (Phi) is 6.70. The first-order chi connectivity index (χ1) is 12.2. The summed E-state index contributed by atoms with van der Waals surface area (Å²) in [5.41, 5.74) is 0. The zero-order valence-corrected chi connectivity index (χ0v) is 15.0. The Labute approximate surface area is 150 Å². The van der Waals surface area contributed by atoms with Crippen molar-refractivity contribution in [2.75, 3.05) is 6.61 Å². The predicted molar refractivity (Wildman–Crippen MR) is 93.9 cm³/mol. The van der Waals surface area contributed by atoms with Crippen molar-refractivity contribution in [1.29, 1.82) is 0 Å². The van der Waals surface area contributed by atoms with Crippen molar-refractivity contribution in [1.82, 2.24) is 10.6 Å². The van der Waals surface area contributed by atoms with E-state index in [4.69, 9.17) is 4.74 Å². The van der Waals surface area contributed by atoms with Crippen molar-refractivity contribution in [3.8, 4) is 0 Å². The van der Waals surface area contributed by atoms with Crippen LogP contribution in [0, 0.1) is 5.92 Å². The molecule has 1 saturated heterocycles. The molecule has 0 radical (unpaired) electrons. The molecule has 2 amide bonds. The van der Waals surface area contributed by atoms with Gasteiger partial charge in [-0.2, -0.15) is 0 Å². The molecule has 1 aliphatic heterocycles. The van der Waals surface area contributed by atoms with Gasteiger partial charge in [0.1, 0.15) is 6.10 Å². The summed E-state index contributed by atoms with van der Waals surface area (Å²) in [7, 11) is 0. The van der Waals surface area contributed by atoms with Crippen LogP contribution in [0.1, 0.15) is 70.6 Å². The molecule has 3 aliphatic rings. The summed E-state index contributed by atoms with van der Waals surface area (Å²) in [6.07, 6.45) is 10.1. The van der Waals surface area contributed by atoms with Gasteiger partial charge in [-0.25, -0.2) is 0 Å². The van der Waals surface area contributed by atoms with Crippen molar-refractivity contribution < 1.29 is 19.4 Å². The van der Waals surface area contributed by atoms with Crippen LogP contribution in [0.25, 0.3) is 0 Å². The average Bonchev–Trinajstić information content (AvgIpc) is 2.55. The molecule has 1 heterocycles. The van der Waals surface area contributed by atoms with Gasteiger partial charge in [-0.3, -0.25) is 9.59 Å². The Bertz CT molecular complexity index is 460. The maximum absolute atomic E-state index is 12.2. The zero-order valence-electron chi connectivity index (χ0n) is 15.0. The number of aliphatic hydroxyl groups excluding tert-OH is 1. The molecule has 0 aromatic heterocycles. The zero-order chi connectivity index (χ0) is 17.6. The molecule has 3 fully saturated rings.